The van der Waals surface area contributed by atoms with Crippen LogP contribution >= 0.6 is 0 Å². The molecule has 2 aromatic heterocycles. The van der Waals surface area contributed by atoms with Crippen LogP contribution in [0.2, 0.25) is 0 Å². The van der Waals surface area contributed by atoms with Crippen molar-refractivity contribution in [2.45, 2.75) is 52.7 Å². The zero-order valence-corrected chi connectivity index (χ0v) is 23.3. The zero-order valence-electron chi connectivity index (χ0n) is 23.3. The van der Waals surface area contributed by atoms with Crippen molar-refractivity contribution in [2.24, 2.45) is 5.92 Å². The molecule has 2 aliphatic rings. The lowest BCUT2D eigenvalue weighted by atomic mass is 9.96. The third kappa shape index (κ3) is 5.79. The van der Waals surface area contributed by atoms with Gasteiger partial charge in [0.1, 0.15) is 23.7 Å². The molecule has 0 spiro atoms. The van der Waals surface area contributed by atoms with Gasteiger partial charge in [-0.05, 0) is 63.1 Å². The number of fused-ring (bicyclic) bond motifs is 2. The van der Waals surface area contributed by atoms with E-state index < -0.39 is 29.6 Å². The maximum Gasteiger partial charge on any atom is 0.412 e. The second kappa shape index (κ2) is 10.4. The molecule has 4 N–H and O–H groups in total. The summed E-state index contributed by atoms with van der Waals surface area (Å²) in [5, 5.41) is 18.5. The van der Waals surface area contributed by atoms with E-state index in [1.807, 2.05) is 6.92 Å². The number of anilines is 3. The first kappa shape index (κ1) is 27.9. The maximum absolute atomic E-state index is 16.3. The summed E-state index contributed by atoms with van der Waals surface area (Å²) in [5.74, 6) is -0.0438. The largest absolute Gasteiger partial charge is 0.474 e. The second-order valence-corrected chi connectivity index (χ2v) is 11.2. The van der Waals surface area contributed by atoms with Gasteiger partial charge >= 0.3 is 18.2 Å². The smallest absolute Gasteiger partial charge is 0.412 e. The van der Waals surface area contributed by atoms with Crippen LogP contribution in [0.15, 0.2) is 24.5 Å². The molecule has 12 nitrogen and oxygen atoms in total. The Labute approximate surface area is 235 Å². The molecule has 1 saturated carbocycles. The van der Waals surface area contributed by atoms with Crippen LogP contribution in [0.25, 0.3) is 21.9 Å². The molecular weight excluding hydrogens is 535 g/mol. The van der Waals surface area contributed by atoms with E-state index in [2.05, 4.69) is 25.9 Å². The van der Waals surface area contributed by atoms with Crippen LogP contribution in [-0.4, -0.2) is 58.1 Å². The molecule has 2 unspecified atom stereocenters. The first-order valence-corrected chi connectivity index (χ1v) is 13.2. The number of carbonyl (C=O) groups is 3. The van der Waals surface area contributed by atoms with E-state index >= 15 is 4.39 Å². The van der Waals surface area contributed by atoms with E-state index in [9.17, 15) is 19.5 Å². The van der Waals surface area contributed by atoms with Gasteiger partial charge in [0.25, 0.3) is 0 Å². The summed E-state index contributed by atoms with van der Waals surface area (Å²) in [6.07, 6.45) is 1.58. The molecule has 3 heterocycles. The van der Waals surface area contributed by atoms with Crippen molar-refractivity contribution in [1.82, 2.24) is 15.3 Å². The minimum atomic E-state index is -1.19. The molecular formula is C28H31FN6O6. The molecule has 1 fully saturated rings. The number of urea groups is 1. The predicted octanol–water partition coefficient (Wildman–Crippen LogP) is 5.50. The van der Waals surface area contributed by atoms with Crippen molar-refractivity contribution >= 4 is 46.2 Å². The van der Waals surface area contributed by atoms with Gasteiger partial charge in [-0.1, -0.05) is 6.92 Å². The Morgan fingerprint density at radius 1 is 1.15 bits per heavy atom. The number of halogens is 1. The fraction of sp³-hybridized carbons (Fsp3) is 0.393. The van der Waals surface area contributed by atoms with Crippen LogP contribution < -0.4 is 25.6 Å². The first-order chi connectivity index (χ1) is 19.3. The minimum absolute atomic E-state index is 0.0423. The highest BCUT2D eigenvalue weighted by atomic mass is 19.1. The highest BCUT2D eigenvalue weighted by molar-refractivity contribution is 6.05. The molecule has 2 atom stereocenters. The molecule has 1 aliphatic carbocycles. The van der Waals surface area contributed by atoms with Gasteiger partial charge in [-0.25, -0.2) is 28.7 Å². The summed E-state index contributed by atoms with van der Waals surface area (Å²) in [7, 11) is 0. The van der Waals surface area contributed by atoms with Crippen molar-refractivity contribution < 1.29 is 33.4 Å². The molecule has 1 aromatic carbocycles. The van der Waals surface area contributed by atoms with Gasteiger partial charge in [-0.3, -0.25) is 15.5 Å². The van der Waals surface area contributed by atoms with Crippen LogP contribution in [0.5, 0.6) is 5.88 Å². The van der Waals surface area contributed by atoms with E-state index in [1.54, 1.807) is 33.8 Å². The lowest BCUT2D eigenvalue weighted by Gasteiger charge is -2.29. The fourth-order valence-corrected chi connectivity index (χ4v) is 4.71. The van der Waals surface area contributed by atoms with E-state index in [1.165, 1.54) is 18.5 Å². The summed E-state index contributed by atoms with van der Waals surface area (Å²) < 4.78 is 27.2. The van der Waals surface area contributed by atoms with Crippen LogP contribution in [0.1, 0.15) is 39.7 Å². The Kier molecular flexibility index (Phi) is 7.05. The summed E-state index contributed by atoms with van der Waals surface area (Å²) in [4.78, 5) is 46.7. The molecule has 0 bridgehead atoms. The molecule has 1 aliphatic heterocycles. The fourth-order valence-electron chi connectivity index (χ4n) is 4.71. The first-order valence-electron chi connectivity index (χ1n) is 13.2. The molecule has 5 rings (SSSR count). The average molecular weight is 567 g/mol. The Morgan fingerprint density at radius 2 is 1.88 bits per heavy atom. The highest BCUT2D eigenvalue weighted by Gasteiger charge is 2.34. The Balaban J connectivity index is 1.62. The third-order valence-electron chi connectivity index (χ3n) is 6.87. The highest BCUT2D eigenvalue weighted by Crippen LogP contribution is 2.42. The van der Waals surface area contributed by atoms with Gasteiger partial charge in [0.15, 0.2) is 5.82 Å². The van der Waals surface area contributed by atoms with Crippen molar-refractivity contribution in [3.63, 3.8) is 0 Å². The van der Waals surface area contributed by atoms with Crippen LogP contribution in [0.4, 0.5) is 36.0 Å². The quantitative estimate of drug-likeness (QED) is 0.323. The minimum Gasteiger partial charge on any atom is -0.474 e. The number of benzene rings is 1. The Hall–Kier alpha value is -4.68. The number of ether oxygens (including phenoxy) is 2. The summed E-state index contributed by atoms with van der Waals surface area (Å²) in [6.45, 7) is 8.95. The maximum atomic E-state index is 16.3. The van der Waals surface area contributed by atoms with Crippen molar-refractivity contribution in [3.8, 4) is 17.0 Å². The van der Waals surface area contributed by atoms with E-state index in [4.69, 9.17) is 9.47 Å². The summed E-state index contributed by atoms with van der Waals surface area (Å²) >= 11 is 0. The Morgan fingerprint density at radius 3 is 2.54 bits per heavy atom. The van der Waals surface area contributed by atoms with Crippen LogP contribution in [0.3, 0.4) is 0 Å². The molecule has 3 aromatic rings. The molecule has 0 saturated heterocycles. The van der Waals surface area contributed by atoms with Crippen LogP contribution in [-0.2, 0) is 4.74 Å². The summed E-state index contributed by atoms with van der Waals surface area (Å²) in [6, 6.07) is 2.78. The topological polar surface area (TPSA) is 155 Å². The van der Waals surface area contributed by atoms with Gasteiger partial charge in [-0.2, -0.15) is 0 Å². The Bertz CT molecular complexity index is 1570. The van der Waals surface area contributed by atoms with Crippen molar-refractivity contribution in [1.29, 1.82) is 0 Å². The third-order valence-corrected chi connectivity index (χ3v) is 6.87. The lowest BCUT2D eigenvalue weighted by molar-refractivity contribution is 0.0635. The number of nitrogens with one attached hydrogen (secondary N) is 3. The number of hydrogen-bond donors (Lipinski definition) is 4. The number of amides is 4. The van der Waals surface area contributed by atoms with E-state index in [0.717, 1.165) is 11.3 Å². The summed E-state index contributed by atoms with van der Waals surface area (Å²) in [5.41, 5.74) is -0.0610. The SMILES string of the molecule is Cc1c(-c2cc3cc(NC(=O)NC4CC4C)ncc3c(NC(=O)OC(C)(C)C)c2F)cnc2c1N(C(=O)O)CCO2. The standard InChI is InChI=1S/C28H31FN6O6/c1-13-8-19(13)32-25(36)33-20-10-15-9-16(17-11-31-24-23(14(17)2)35(27(38)39)6-7-40-24)21(29)22(18(15)12-30-20)34-26(37)41-28(3,4)5/h9-13,19H,6-8H2,1-5H3,(H,34,37)(H,38,39)(H2,30,32,33,36). The monoisotopic (exact) mass is 566 g/mol. The molecule has 0 radical (unpaired) electrons. The molecule has 13 heteroatoms. The van der Waals surface area contributed by atoms with Gasteiger partial charge in [0.05, 0.1) is 12.2 Å². The molecule has 41 heavy (non-hydrogen) atoms. The zero-order chi connectivity index (χ0) is 29.6. The molecule has 216 valence electrons. The average Bonchev–Trinajstić information content (AvgIpc) is 3.58. The number of aromatic nitrogens is 2. The molecule has 4 amide bonds. The normalized spacial score (nSPS) is 17.8. The lowest BCUT2D eigenvalue weighted by Crippen LogP contribution is -2.37. The van der Waals surface area contributed by atoms with Gasteiger partial charge < -0.3 is 19.9 Å². The van der Waals surface area contributed by atoms with Crippen molar-refractivity contribution in [2.75, 3.05) is 28.7 Å². The number of carboxylic acid groups (broad SMARTS) is 1. The van der Waals surface area contributed by atoms with Crippen LogP contribution in [0, 0.1) is 18.7 Å². The van der Waals surface area contributed by atoms with Gasteiger partial charge in [-0.15, -0.1) is 0 Å². The second-order valence-electron chi connectivity index (χ2n) is 11.2. The van der Waals surface area contributed by atoms with E-state index in [-0.39, 0.29) is 53.2 Å². The van der Waals surface area contributed by atoms with Crippen molar-refractivity contribution in [3.05, 3.63) is 35.9 Å². The number of hydrogen-bond acceptors (Lipinski definition) is 7. The van der Waals surface area contributed by atoms with E-state index in [0.29, 0.717) is 22.4 Å². The number of rotatable bonds is 4. The predicted molar refractivity (Wildman–Crippen MR) is 150 cm³/mol. The number of pyridine rings is 2. The number of nitrogens with zero attached hydrogens (tertiary/aromatic N) is 3. The van der Waals surface area contributed by atoms with Gasteiger partial charge in [0.2, 0.25) is 5.88 Å². The number of carbonyl (C=O) groups excluding carboxylic acids is 2. The van der Waals surface area contributed by atoms with Gasteiger partial charge in [0, 0.05) is 34.9 Å².